The molecule has 2 atom stereocenters. The lowest BCUT2D eigenvalue weighted by molar-refractivity contribution is -0.870. The molecule has 0 rings (SSSR count). The van der Waals surface area contributed by atoms with Crippen LogP contribution in [0.2, 0.25) is 0 Å². The van der Waals surface area contributed by atoms with Crippen molar-refractivity contribution in [3.63, 3.8) is 0 Å². The molecule has 82 heavy (non-hydrogen) atoms. The summed E-state index contributed by atoms with van der Waals surface area (Å²) in [5.74, 6) is -0.825. The number of likely N-dealkylation sites (N-methyl/N-ethyl adjacent to an activating group) is 1. The normalized spacial score (nSPS) is 14.3. The zero-order valence-electron chi connectivity index (χ0n) is 52.7. The van der Waals surface area contributed by atoms with Gasteiger partial charge in [0.15, 0.2) is 6.10 Å². The largest absolute Gasteiger partial charge is 0.472 e. The summed E-state index contributed by atoms with van der Waals surface area (Å²) in [6, 6.07) is 0. The van der Waals surface area contributed by atoms with E-state index in [0.717, 1.165) is 141 Å². The lowest BCUT2D eigenvalue weighted by Crippen LogP contribution is -2.37. The molecule has 0 aliphatic carbocycles. The molecule has 0 fully saturated rings. The number of unbranched alkanes of at least 4 members (excludes halogenated alkanes) is 17. The molecule has 0 saturated heterocycles. The van der Waals surface area contributed by atoms with E-state index >= 15 is 0 Å². The molecule has 0 amide bonds. The van der Waals surface area contributed by atoms with E-state index < -0.39 is 26.5 Å². The minimum absolute atomic E-state index is 0.0200. The molecule has 0 aromatic carbocycles. The van der Waals surface area contributed by atoms with Crippen LogP contribution < -0.4 is 0 Å². The van der Waals surface area contributed by atoms with Gasteiger partial charge in [0.25, 0.3) is 0 Å². The number of quaternary nitrogens is 1. The first-order valence-corrected chi connectivity index (χ1v) is 33.7. The van der Waals surface area contributed by atoms with Gasteiger partial charge in [0.05, 0.1) is 27.7 Å². The van der Waals surface area contributed by atoms with Crippen LogP contribution in [0.25, 0.3) is 0 Å². The average molecular weight is 1160 g/mol. The minimum Gasteiger partial charge on any atom is -0.462 e. The topological polar surface area (TPSA) is 108 Å². The lowest BCUT2D eigenvalue weighted by Gasteiger charge is -2.24. The van der Waals surface area contributed by atoms with Crippen molar-refractivity contribution in [1.29, 1.82) is 0 Å². The Bertz CT molecular complexity index is 1940. The second-order valence-electron chi connectivity index (χ2n) is 22.0. The molecule has 0 spiro atoms. The molecule has 0 radical (unpaired) electrons. The number of rotatable bonds is 57. The molecule has 464 valence electrons. The quantitative estimate of drug-likeness (QED) is 0.0211. The van der Waals surface area contributed by atoms with Crippen molar-refractivity contribution in [2.45, 2.75) is 238 Å². The average Bonchev–Trinajstić information content (AvgIpc) is 3.45. The molecule has 1 N–H and O–H groups in total. The number of esters is 2. The Morgan fingerprint density at radius 2 is 0.659 bits per heavy atom. The zero-order valence-corrected chi connectivity index (χ0v) is 53.6. The molecule has 0 aromatic heterocycles. The molecule has 0 aromatic rings. The first kappa shape index (κ1) is 77.6. The van der Waals surface area contributed by atoms with E-state index in [1.165, 1.54) is 57.8 Å². The third-order valence-corrected chi connectivity index (χ3v) is 14.0. The van der Waals surface area contributed by atoms with Gasteiger partial charge in [-0.05, 0) is 122 Å². The van der Waals surface area contributed by atoms with Crippen LogP contribution in [-0.4, -0.2) is 74.9 Å². The predicted molar refractivity (Wildman–Crippen MR) is 353 cm³/mol. The Morgan fingerprint density at radius 1 is 0.378 bits per heavy atom. The van der Waals surface area contributed by atoms with E-state index in [1.54, 1.807) is 0 Å². The summed E-state index contributed by atoms with van der Waals surface area (Å²) in [6.07, 6.45) is 91.7. The first-order valence-electron chi connectivity index (χ1n) is 32.2. The third kappa shape index (κ3) is 64.8. The Labute approximate surface area is 503 Å². The van der Waals surface area contributed by atoms with E-state index in [4.69, 9.17) is 18.5 Å². The van der Waals surface area contributed by atoms with Crippen LogP contribution in [0.1, 0.15) is 232 Å². The van der Waals surface area contributed by atoms with Gasteiger partial charge < -0.3 is 18.9 Å². The van der Waals surface area contributed by atoms with E-state index in [0.29, 0.717) is 17.4 Å². The van der Waals surface area contributed by atoms with Crippen LogP contribution in [0.3, 0.4) is 0 Å². The molecule has 0 bridgehead atoms. The number of ether oxygens (including phenoxy) is 2. The fourth-order valence-electron chi connectivity index (χ4n) is 8.18. The highest BCUT2D eigenvalue weighted by Gasteiger charge is 2.27. The molecule has 9 nitrogen and oxygen atoms in total. The Balaban J connectivity index is 4.19. The van der Waals surface area contributed by atoms with Crippen LogP contribution in [0.5, 0.6) is 0 Å². The summed E-state index contributed by atoms with van der Waals surface area (Å²) in [5, 5.41) is 0. The smallest absolute Gasteiger partial charge is 0.462 e. The van der Waals surface area contributed by atoms with E-state index in [2.05, 4.69) is 172 Å². The van der Waals surface area contributed by atoms with Gasteiger partial charge in [-0.1, -0.05) is 255 Å². The standard InChI is InChI=1S/C72H118NO8P/c1-6-8-10-12-14-16-18-20-22-24-26-28-30-31-32-33-34-35-36-37-38-39-40-41-43-45-47-49-51-53-55-57-59-61-63-65-72(75)81-70(69-80-82(76,77)79-67-66-73(3,4)5)68-78-71(74)64-62-60-58-56-54-52-50-48-46-44-42-29-27-25-23-21-19-17-15-13-11-9-7-2/h8-11,14-17,20-23,26-29,31-32,34-35,37-38,40-41,45,47,70H,6-7,12-13,18-19,24-25,30,33,36,39,42-44,46,48-69H2,1-5H3/p+1/b10-8-,11-9-,16-14-,17-15-,22-20-,23-21-,28-26-,29-27-,32-31-,35-34-,38-37-,41-40-,47-45-. The Kier molecular flexibility index (Phi) is 57.9. The SMILES string of the molecule is CC/C=C\C/C=C\C/C=C\C/C=C\C/C=C\C/C=C\C/C=C\C/C=C\C/C=C\CCCCCCCCCC(=O)OC(COC(=O)CCCCCCCCCCCC/C=C\C/C=C\C/C=C\C/C=C\CC)COP(=O)(O)OCC[N+](C)(C)C. The maximum Gasteiger partial charge on any atom is 0.472 e. The number of nitrogens with zero attached hydrogens (tertiary/aromatic N) is 1. The predicted octanol–water partition coefficient (Wildman–Crippen LogP) is 20.8. The molecular formula is C72H119NO8P+. The summed E-state index contributed by atoms with van der Waals surface area (Å²) in [5.41, 5.74) is 0. The number of carbonyl (C=O) groups excluding carboxylic acids is 2. The van der Waals surface area contributed by atoms with Crippen molar-refractivity contribution < 1.29 is 42.1 Å². The van der Waals surface area contributed by atoms with Crippen molar-refractivity contribution in [1.82, 2.24) is 0 Å². The van der Waals surface area contributed by atoms with E-state index in [1.807, 2.05) is 21.1 Å². The van der Waals surface area contributed by atoms with Crippen molar-refractivity contribution in [2.75, 3.05) is 47.5 Å². The molecule has 10 heteroatoms. The van der Waals surface area contributed by atoms with Crippen LogP contribution >= 0.6 is 7.82 Å². The van der Waals surface area contributed by atoms with Crippen molar-refractivity contribution >= 4 is 19.8 Å². The van der Waals surface area contributed by atoms with Gasteiger partial charge >= 0.3 is 19.8 Å². The van der Waals surface area contributed by atoms with Gasteiger partial charge in [-0.25, -0.2) is 4.57 Å². The number of carbonyl (C=O) groups is 2. The molecule has 0 heterocycles. The second-order valence-corrected chi connectivity index (χ2v) is 23.5. The summed E-state index contributed by atoms with van der Waals surface area (Å²) in [6.45, 7) is 4.17. The van der Waals surface area contributed by atoms with Gasteiger partial charge in [0, 0.05) is 12.8 Å². The van der Waals surface area contributed by atoms with Crippen molar-refractivity contribution in [2.24, 2.45) is 0 Å². The number of phosphoric ester groups is 1. The van der Waals surface area contributed by atoms with Gasteiger partial charge in [-0.2, -0.15) is 0 Å². The van der Waals surface area contributed by atoms with Crippen LogP contribution in [-0.2, 0) is 32.7 Å². The lowest BCUT2D eigenvalue weighted by atomic mass is 10.1. The highest BCUT2D eigenvalue weighted by molar-refractivity contribution is 7.47. The fraction of sp³-hybridized carbons (Fsp3) is 0.611. The van der Waals surface area contributed by atoms with Crippen molar-refractivity contribution in [3.8, 4) is 0 Å². The number of hydrogen-bond acceptors (Lipinski definition) is 7. The summed E-state index contributed by atoms with van der Waals surface area (Å²) in [7, 11) is 1.44. The summed E-state index contributed by atoms with van der Waals surface area (Å²) >= 11 is 0. The first-order chi connectivity index (χ1) is 40.0. The number of allylic oxidation sites excluding steroid dienone is 26. The van der Waals surface area contributed by atoms with E-state index in [9.17, 15) is 19.0 Å². The van der Waals surface area contributed by atoms with Gasteiger partial charge in [0.2, 0.25) is 0 Å². The van der Waals surface area contributed by atoms with Gasteiger partial charge in [-0.3, -0.25) is 18.6 Å². The van der Waals surface area contributed by atoms with Crippen LogP contribution in [0.15, 0.2) is 158 Å². The maximum atomic E-state index is 12.9. The molecular weight excluding hydrogens is 1040 g/mol. The highest BCUT2D eigenvalue weighted by Crippen LogP contribution is 2.43. The molecule has 0 saturated carbocycles. The fourth-order valence-corrected chi connectivity index (χ4v) is 8.92. The Hall–Kier alpha value is -4.37. The van der Waals surface area contributed by atoms with Crippen LogP contribution in [0.4, 0.5) is 0 Å². The second kappa shape index (κ2) is 61.2. The van der Waals surface area contributed by atoms with E-state index in [-0.39, 0.29) is 32.0 Å². The highest BCUT2D eigenvalue weighted by atomic mass is 31.2. The molecule has 2 unspecified atom stereocenters. The molecule has 0 aliphatic heterocycles. The minimum atomic E-state index is -4.41. The Morgan fingerprint density at radius 3 is 0.976 bits per heavy atom. The number of hydrogen-bond donors (Lipinski definition) is 1. The zero-order chi connectivity index (χ0) is 59.8. The maximum absolute atomic E-state index is 12.9. The van der Waals surface area contributed by atoms with Crippen molar-refractivity contribution in [3.05, 3.63) is 158 Å². The van der Waals surface area contributed by atoms with Gasteiger partial charge in [0.1, 0.15) is 19.8 Å². The molecule has 0 aliphatic rings. The van der Waals surface area contributed by atoms with Crippen LogP contribution in [0, 0.1) is 0 Å². The number of phosphoric acid groups is 1. The monoisotopic (exact) mass is 1160 g/mol. The summed E-state index contributed by atoms with van der Waals surface area (Å²) in [4.78, 5) is 35.8. The van der Waals surface area contributed by atoms with Gasteiger partial charge in [-0.15, -0.1) is 0 Å². The summed E-state index contributed by atoms with van der Waals surface area (Å²) < 4.78 is 34.6. The third-order valence-electron chi connectivity index (χ3n) is 13.1.